The summed E-state index contributed by atoms with van der Waals surface area (Å²) in [6.07, 6.45) is 0.226. The Morgan fingerprint density at radius 2 is 1.71 bits per heavy atom. The standard InChI is InChI=1S/C27H26N4O3S/c32-25(16-21-6-3-5-19-4-1-2-7-23(19)21)28-17-26(33)29-22-10-8-20(9-11-22)24-18-35-27(30-24)31-12-14-34-15-13-31/h1-11,18H,12-17H2,(H,28,32)(H,29,33). The zero-order valence-corrected chi connectivity index (χ0v) is 20.0. The van der Waals surface area contributed by atoms with Crippen LogP contribution >= 0.6 is 11.3 Å². The molecular formula is C27H26N4O3S. The fourth-order valence-corrected chi connectivity index (χ4v) is 4.98. The molecule has 1 saturated heterocycles. The van der Waals surface area contributed by atoms with Gasteiger partial charge >= 0.3 is 0 Å². The molecule has 0 unspecified atom stereocenters. The maximum Gasteiger partial charge on any atom is 0.243 e. The van der Waals surface area contributed by atoms with Gasteiger partial charge in [0.1, 0.15) is 0 Å². The number of carbonyl (C=O) groups is 2. The molecule has 8 heteroatoms. The van der Waals surface area contributed by atoms with Crippen LogP contribution in [0, 0.1) is 0 Å². The monoisotopic (exact) mass is 486 g/mol. The van der Waals surface area contributed by atoms with Crippen LogP contribution in [0.4, 0.5) is 10.8 Å². The molecule has 1 fully saturated rings. The van der Waals surface area contributed by atoms with Crippen LogP contribution in [0.25, 0.3) is 22.0 Å². The van der Waals surface area contributed by atoms with Crippen molar-refractivity contribution in [2.24, 2.45) is 0 Å². The fourth-order valence-electron chi connectivity index (χ4n) is 4.09. The molecule has 0 atom stereocenters. The van der Waals surface area contributed by atoms with Crippen molar-refractivity contribution < 1.29 is 14.3 Å². The van der Waals surface area contributed by atoms with Crippen LogP contribution < -0.4 is 15.5 Å². The van der Waals surface area contributed by atoms with E-state index in [1.54, 1.807) is 11.3 Å². The Labute approximate surface area is 207 Å². The molecule has 0 aliphatic carbocycles. The van der Waals surface area contributed by atoms with Crippen LogP contribution in [-0.4, -0.2) is 49.6 Å². The van der Waals surface area contributed by atoms with Gasteiger partial charge in [-0.2, -0.15) is 0 Å². The summed E-state index contributed by atoms with van der Waals surface area (Å²) in [6, 6.07) is 21.4. The number of thiazole rings is 1. The van der Waals surface area contributed by atoms with Crippen LogP contribution in [0.3, 0.4) is 0 Å². The highest BCUT2D eigenvalue weighted by molar-refractivity contribution is 7.14. The van der Waals surface area contributed by atoms with E-state index in [-0.39, 0.29) is 24.8 Å². The first kappa shape index (κ1) is 23.0. The molecule has 178 valence electrons. The first-order valence-electron chi connectivity index (χ1n) is 11.6. The van der Waals surface area contributed by atoms with Crippen molar-refractivity contribution >= 4 is 44.7 Å². The number of benzene rings is 3. The highest BCUT2D eigenvalue weighted by Gasteiger charge is 2.15. The number of anilines is 2. The number of morpholine rings is 1. The third kappa shape index (κ3) is 5.67. The number of amides is 2. The van der Waals surface area contributed by atoms with Gasteiger partial charge < -0.3 is 20.3 Å². The highest BCUT2D eigenvalue weighted by Crippen LogP contribution is 2.28. The molecule has 1 aliphatic heterocycles. The molecule has 0 bridgehead atoms. The van der Waals surface area contributed by atoms with E-state index in [2.05, 4.69) is 15.5 Å². The minimum absolute atomic E-state index is 0.0830. The van der Waals surface area contributed by atoms with Gasteiger partial charge in [-0.1, -0.05) is 54.6 Å². The molecule has 5 rings (SSSR count). The summed E-state index contributed by atoms with van der Waals surface area (Å²) in [5.74, 6) is -0.460. The molecule has 0 spiro atoms. The molecule has 3 aromatic carbocycles. The number of rotatable bonds is 7. The van der Waals surface area contributed by atoms with Gasteiger partial charge in [0.15, 0.2) is 5.13 Å². The van der Waals surface area contributed by atoms with Gasteiger partial charge in [0, 0.05) is 29.7 Å². The van der Waals surface area contributed by atoms with Crippen molar-refractivity contribution in [3.05, 3.63) is 77.7 Å². The lowest BCUT2D eigenvalue weighted by molar-refractivity contribution is -0.123. The number of nitrogens with one attached hydrogen (secondary N) is 2. The number of fused-ring (bicyclic) bond motifs is 1. The van der Waals surface area contributed by atoms with Gasteiger partial charge in [0.25, 0.3) is 0 Å². The Balaban J connectivity index is 1.13. The van der Waals surface area contributed by atoms with Crippen molar-refractivity contribution in [1.82, 2.24) is 10.3 Å². The minimum atomic E-state index is -0.271. The van der Waals surface area contributed by atoms with Crippen molar-refractivity contribution in [3.63, 3.8) is 0 Å². The van der Waals surface area contributed by atoms with Crippen molar-refractivity contribution in [2.75, 3.05) is 43.1 Å². The molecule has 1 aliphatic rings. The average Bonchev–Trinajstić information content (AvgIpc) is 3.39. The first-order valence-corrected chi connectivity index (χ1v) is 12.5. The molecule has 0 saturated carbocycles. The summed E-state index contributed by atoms with van der Waals surface area (Å²) in [6.45, 7) is 3.09. The van der Waals surface area contributed by atoms with Crippen molar-refractivity contribution in [2.45, 2.75) is 6.42 Å². The third-order valence-corrected chi connectivity index (χ3v) is 6.82. The SMILES string of the molecule is O=C(Cc1cccc2ccccc12)NCC(=O)Nc1ccc(-c2csc(N3CCOCC3)n2)cc1. The van der Waals surface area contributed by atoms with E-state index in [0.717, 1.165) is 59.0 Å². The highest BCUT2D eigenvalue weighted by atomic mass is 32.1. The number of hydrogen-bond donors (Lipinski definition) is 2. The third-order valence-electron chi connectivity index (χ3n) is 5.92. The predicted octanol–water partition coefficient (Wildman–Crippen LogP) is 4.10. The second-order valence-electron chi connectivity index (χ2n) is 8.33. The van der Waals surface area contributed by atoms with E-state index >= 15 is 0 Å². The Bertz CT molecular complexity index is 1320. The zero-order chi connectivity index (χ0) is 24.0. The molecule has 7 nitrogen and oxygen atoms in total. The molecule has 0 radical (unpaired) electrons. The lowest BCUT2D eigenvalue weighted by Gasteiger charge is -2.26. The Morgan fingerprint density at radius 3 is 2.54 bits per heavy atom. The van der Waals surface area contributed by atoms with Gasteiger partial charge in [-0.25, -0.2) is 4.98 Å². The lowest BCUT2D eigenvalue weighted by atomic mass is 10.0. The molecule has 4 aromatic rings. The number of carbonyl (C=O) groups excluding carboxylic acids is 2. The molecule has 2 N–H and O–H groups in total. The van der Waals surface area contributed by atoms with E-state index < -0.39 is 0 Å². The lowest BCUT2D eigenvalue weighted by Crippen LogP contribution is -2.36. The first-order chi connectivity index (χ1) is 17.2. The minimum Gasteiger partial charge on any atom is -0.378 e. The van der Waals surface area contributed by atoms with E-state index in [4.69, 9.17) is 9.72 Å². The van der Waals surface area contributed by atoms with Gasteiger partial charge in [-0.15, -0.1) is 11.3 Å². The maximum atomic E-state index is 12.4. The Hall–Kier alpha value is -3.75. The average molecular weight is 487 g/mol. The topological polar surface area (TPSA) is 83.6 Å². The summed E-state index contributed by atoms with van der Waals surface area (Å²) in [5, 5.41) is 10.7. The van der Waals surface area contributed by atoms with E-state index in [0.29, 0.717) is 5.69 Å². The fraction of sp³-hybridized carbons (Fsp3) is 0.222. The molecule has 2 heterocycles. The van der Waals surface area contributed by atoms with E-state index in [1.807, 2.05) is 72.1 Å². The number of aromatic nitrogens is 1. The smallest absolute Gasteiger partial charge is 0.243 e. The van der Waals surface area contributed by atoms with Crippen LogP contribution in [0.1, 0.15) is 5.56 Å². The summed E-state index contributed by atoms with van der Waals surface area (Å²) >= 11 is 1.63. The van der Waals surface area contributed by atoms with Crippen LogP contribution in [0.2, 0.25) is 0 Å². The molecule has 2 amide bonds. The van der Waals surface area contributed by atoms with Crippen LogP contribution in [0.15, 0.2) is 72.1 Å². The molecular weight excluding hydrogens is 460 g/mol. The second-order valence-corrected chi connectivity index (χ2v) is 9.17. The Kier molecular flexibility index (Phi) is 7.02. The summed E-state index contributed by atoms with van der Waals surface area (Å²) in [7, 11) is 0. The van der Waals surface area contributed by atoms with E-state index in [9.17, 15) is 9.59 Å². The van der Waals surface area contributed by atoms with Gasteiger partial charge in [0.05, 0.1) is 31.9 Å². The molecule has 1 aromatic heterocycles. The number of hydrogen-bond acceptors (Lipinski definition) is 6. The van der Waals surface area contributed by atoms with Crippen LogP contribution in [-0.2, 0) is 20.7 Å². The normalized spacial score (nSPS) is 13.5. The summed E-state index contributed by atoms with van der Waals surface area (Å²) in [5.41, 5.74) is 3.51. The van der Waals surface area contributed by atoms with Crippen molar-refractivity contribution in [3.8, 4) is 11.3 Å². The number of ether oxygens (including phenoxy) is 1. The number of nitrogens with zero attached hydrogens (tertiary/aromatic N) is 2. The van der Waals surface area contributed by atoms with Gasteiger partial charge in [0.2, 0.25) is 11.8 Å². The summed E-state index contributed by atoms with van der Waals surface area (Å²) in [4.78, 5) is 31.8. The second kappa shape index (κ2) is 10.7. The molecule has 35 heavy (non-hydrogen) atoms. The Morgan fingerprint density at radius 1 is 0.943 bits per heavy atom. The summed E-state index contributed by atoms with van der Waals surface area (Å²) < 4.78 is 5.41. The largest absolute Gasteiger partial charge is 0.378 e. The van der Waals surface area contributed by atoms with Crippen molar-refractivity contribution in [1.29, 1.82) is 0 Å². The maximum absolute atomic E-state index is 12.4. The quantitative estimate of drug-likeness (QED) is 0.411. The predicted molar refractivity (Wildman–Crippen MR) is 140 cm³/mol. The van der Waals surface area contributed by atoms with Crippen LogP contribution in [0.5, 0.6) is 0 Å². The van der Waals surface area contributed by atoms with E-state index in [1.165, 1.54) is 0 Å². The zero-order valence-electron chi connectivity index (χ0n) is 19.2. The van der Waals surface area contributed by atoms with Gasteiger partial charge in [-0.3, -0.25) is 9.59 Å². The van der Waals surface area contributed by atoms with Gasteiger partial charge in [-0.05, 0) is 28.5 Å².